The van der Waals surface area contributed by atoms with Crippen molar-refractivity contribution >= 4 is 28.5 Å². The van der Waals surface area contributed by atoms with E-state index in [-0.39, 0.29) is 6.42 Å². The number of esters is 1. The number of hydrogen-bond acceptors (Lipinski definition) is 4. The molecule has 2 aromatic carbocycles. The van der Waals surface area contributed by atoms with Crippen molar-refractivity contribution in [2.45, 2.75) is 32.8 Å². The normalized spacial score (nSPS) is 12.0. The predicted molar refractivity (Wildman–Crippen MR) is 99.9 cm³/mol. The van der Waals surface area contributed by atoms with E-state index in [2.05, 4.69) is 12.2 Å². The van der Waals surface area contributed by atoms with E-state index in [0.29, 0.717) is 11.3 Å². The van der Waals surface area contributed by atoms with Gasteiger partial charge in [0, 0.05) is 16.6 Å². The number of amides is 1. The highest BCUT2D eigenvalue weighted by molar-refractivity contribution is 5.95. The van der Waals surface area contributed by atoms with Gasteiger partial charge in [0.25, 0.3) is 5.91 Å². The third-order valence-electron chi connectivity index (χ3n) is 4.25. The summed E-state index contributed by atoms with van der Waals surface area (Å²) in [6, 6.07) is 11.2. The molecule has 1 amide bonds. The number of anilines is 1. The largest absolute Gasteiger partial charge is 0.464 e. The van der Waals surface area contributed by atoms with Crippen LogP contribution in [0.2, 0.25) is 0 Å². The molecule has 0 bridgehead atoms. The molecule has 0 unspecified atom stereocenters. The molecule has 1 N–H and O–H groups in total. The van der Waals surface area contributed by atoms with Crippen LogP contribution in [0.3, 0.4) is 0 Å². The van der Waals surface area contributed by atoms with E-state index >= 15 is 0 Å². The fourth-order valence-corrected chi connectivity index (χ4v) is 2.71. The highest BCUT2D eigenvalue weighted by atomic mass is 19.1. The SMILES string of the molecule is CCc1ccc2c(CC(=O)O[C@H](C)C(=O)Nc3ccc(F)cc3)coc2c1. The Morgan fingerprint density at radius 1 is 1.19 bits per heavy atom. The number of halogens is 1. The smallest absolute Gasteiger partial charge is 0.311 e. The lowest BCUT2D eigenvalue weighted by molar-refractivity contribution is -0.152. The maximum absolute atomic E-state index is 12.9. The van der Waals surface area contributed by atoms with E-state index in [4.69, 9.17) is 9.15 Å². The summed E-state index contributed by atoms with van der Waals surface area (Å²) in [7, 11) is 0. The van der Waals surface area contributed by atoms with Gasteiger partial charge in [-0.05, 0) is 49.2 Å². The first-order valence-corrected chi connectivity index (χ1v) is 8.71. The average Bonchev–Trinajstić information content (AvgIpc) is 3.05. The van der Waals surface area contributed by atoms with Crippen molar-refractivity contribution in [2.75, 3.05) is 5.32 Å². The Morgan fingerprint density at radius 2 is 1.93 bits per heavy atom. The summed E-state index contributed by atoms with van der Waals surface area (Å²) in [6.07, 6.45) is 1.46. The van der Waals surface area contributed by atoms with Gasteiger partial charge in [0.05, 0.1) is 12.7 Å². The van der Waals surface area contributed by atoms with Crippen molar-refractivity contribution in [1.29, 1.82) is 0 Å². The van der Waals surface area contributed by atoms with Crippen molar-refractivity contribution in [3.8, 4) is 0 Å². The second-order valence-corrected chi connectivity index (χ2v) is 6.25. The molecule has 3 aromatic rings. The lowest BCUT2D eigenvalue weighted by Crippen LogP contribution is -2.30. The molecule has 27 heavy (non-hydrogen) atoms. The van der Waals surface area contributed by atoms with Gasteiger partial charge in [0.1, 0.15) is 11.4 Å². The summed E-state index contributed by atoms with van der Waals surface area (Å²) in [5.74, 6) is -1.41. The Hall–Kier alpha value is -3.15. The van der Waals surface area contributed by atoms with Crippen LogP contribution in [0.4, 0.5) is 10.1 Å². The molecule has 1 atom stereocenters. The number of carbonyl (C=O) groups is 2. The van der Waals surface area contributed by atoms with Crippen LogP contribution < -0.4 is 5.32 Å². The second-order valence-electron chi connectivity index (χ2n) is 6.25. The summed E-state index contributed by atoms with van der Waals surface area (Å²) in [5.41, 5.74) is 3.01. The molecule has 0 aliphatic heterocycles. The second kappa shape index (κ2) is 8.03. The van der Waals surface area contributed by atoms with Crippen molar-refractivity contribution in [3.63, 3.8) is 0 Å². The number of rotatable bonds is 6. The van der Waals surface area contributed by atoms with Crippen molar-refractivity contribution < 1.29 is 23.1 Å². The number of hydrogen-bond donors (Lipinski definition) is 1. The zero-order chi connectivity index (χ0) is 19.4. The van der Waals surface area contributed by atoms with Crippen LogP contribution in [0, 0.1) is 5.82 Å². The molecule has 0 saturated carbocycles. The summed E-state index contributed by atoms with van der Waals surface area (Å²) in [6.45, 7) is 3.54. The van der Waals surface area contributed by atoms with Gasteiger partial charge in [-0.15, -0.1) is 0 Å². The van der Waals surface area contributed by atoms with Crippen LogP contribution in [0.15, 0.2) is 53.1 Å². The molecule has 0 aliphatic carbocycles. The van der Waals surface area contributed by atoms with E-state index in [1.165, 1.54) is 37.5 Å². The van der Waals surface area contributed by atoms with Gasteiger partial charge >= 0.3 is 5.97 Å². The Bertz CT molecular complexity index is 962. The molecular formula is C21H20FNO4. The summed E-state index contributed by atoms with van der Waals surface area (Å²) in [5, 5.41) is 3.43. The van der Waals surface area contributed by atoms with Crippen LogP contribution >= 0.6 is 0 Å². The van der Waals surface area contributed by atoms with Gasteiger partial charge in [-0.25, -0.2) is 4.39 Å². The van der Waals surface area contributed by atoms with E-state index in [0.717, 1.165) is 23.0 Å². The molecule has 3 rings (SSSR count). The van der Waals surface area contributed by atoms with Crippen LogP contribution in [0.1, 0.15) is 25.0 Å². The summed E-state index contributed by atoms with van der Waals surface area (Å²) in [4.78, 5) is 24.3. The first-order valence-electron chi connectivity index (χ1n) is 8.71. The number of benzene rings is 2. The number of furan rings is 1. The van der Waals surface area contributed by atoms with Crippen LogP contribution in [0.25, 0.3) is 11.0 Å². The standard InChI is InChI=1S/C21H20FNO4/c1-3-14-4-9-18-15(12-26-19(18)10-14)11-20(24)27-13(2)21(25)23-17-7-5-16(22)6-8-17/h4-10,12-13H,3,11H2,1-2H3,(H,23,25)/t13-/m1/s1. The maximum atomic E-state index is 12.9. The molecule has 0 aliphatic rings. The number of fused-ring (bicyclic) bond motifs is 1. The van der Waals surface area contributed by atoms with Gasteiger partial charge in [-0.1, -0.05) is 19.1 Å². The molecule has 140 valence electrons. The minimum Gasteiger partial charge on any atom is -0.464 e. The topological polar surface area (TPSA) is 68.5 Å². The van der Waals surface area contributed by atoms with Crippen molar-refractivity contribution in [3.05, 3.63) is 65.7 Å². The molecule has 0 spiro atoms. The molecule has 0 fully saturated rings. The van der Waals surface area contributed by atoms with Crippen LogP contribution in [-0.2, 0) is 27.2 Å². The first-order chi connectivity index (χ1) is 13.0. The van der Waals surface area contributed by atoms with E-state index in [9.17, 15) is 14.0 Å². The monoisotopic (exact) mass is 369 g/mol. The Labute approximate surface area is 156 Å². The number of carbonyl (C=O) groups excluding carboxylic acids is 2. The van der Waals surface area contributed by atoms with Crippen molar-refractivity contribution in [2.24, 2.45) is 0 Å². The fraction of sp³-hybridized carbons (Fsp3) is 0.238. The molecule has 0 radical (unpaired) electrons. The predicted octanol–water partition coefficient (Wildman–Crippen LogP) is 4.25. The Morgan fingerprint density at radius 3 is 2.63 bits per heavy atom. The number of ether oxygens (including phenoxy) is 1. The summed E-state index contributed by atoms with van der Waals surface area (Å²) < 4.78 is 23.6. The molecule has 1 heterocycles. The third-order valence-corrected chi connectivity index (χ3v) is 4.25. The van der Waals surface area contributed by atoms with Gasteiger partial charge < -0.3 is 14.5 Å². The zero-order valence-electron chi connectivity index (χ0n) is 15.1. The highest BCUT2D eigenvalue weighted by Gasteiger charge is 2.19. The molecule has 5 nitrogen and oxygen atoms in total. The van der Waals surface area contributed by atoms with E-state index in [1.54, 1.807) is 0 Å². The lowest BCUT2D eigenvalue weighted by atomic mass is 10.1. The van der Waals surface area contributed by atoms with Crippen LogP contribution in [0.5, 0.6) is 0 Å². The average molecular weight is 369 g/mol. The Kier molecular flexibility index (Phi) is 5.54. The Balaban J connectivity index is 1.60. The van der Waals surface area contributed by atoms with E-state index in [1.807, 2.05) is 18.2 Å². The van der Waals surface area contributed by atoms with Gasteiger partial charge in [-0.3, -0.25) is 9.59 Å². The fourth-order valence-electron chi connectivity index (χ4n) is 2.71. The quantitative estimate of drug-likeness (QED) is 0.660. The number of nitrogens with one attached hydrogen (secondary N) is 1. The maximum Gasteiger partial charge on any atom is 0.311 e. The lowest BCUT2D eigenvalue weighted by Gasteiger charge is -2.13. The van der Waals surface area contributed by atoms with Gasteiger partial charge in [0.2, 0.25) is 0 Å². The van der Waals surface area contributed by atoms with E-state index < -0.39 is 23.8 Å². The zero-order valence-corrected chi connectivity index (χ0v) is 15.1. The highest BCUT2D eigenvalue weighted by Crippen LogP contribution is 2.23. The molecule has 0 saturated heterocycles. The van der Waals surface area contributed by atoms with Gasteiger partial charge in [-0.2, -0.15) is 0 Å². The summed E-state index contributed by atoms with van der Waals surface area (Å²) >= 11 is 0. The third kappa shape index (κ3) is 4.53. The minimum absolute atomic E-state index is 0.00659. The van der Waals surface area contributed by atoms with Crippen molar-refractivity contribution in [1.82, 2.24) is 0 Å². The van der Waals surface area contributed by atoms with Gasteiger partial charge in [0.15, 0.2) is 6.10 Å². The molecular weight excluding hydrogens is 349 g/mol. The minimum atomic E-state index is -0.979. The molecule has 6 heteroatoms. The number of aryl methyl sites for hydroxylation is 1. The van der Waals surface area contributed by atoms with Crippen LogP contribution in [-0.4, -0.2) is 18.0 Å². The molecule has 1 aromatic heterocycles. The first kappa shape index (κ1) is 18.6.